The quantitative estimate of drug-likeness (QED) is 0.345. The Bertz CT molecular complexity index is 1410. The second-order valence-electron chi connectivity index (χ2n) is 7.49. The van der Waals surface area contributed by atoms with Crippen LogP contribution >= 0.6 is 12.2 Å². The molecule has 0 fully saturated rings. The van der Waals surface area contributed by atoms with Crippen LogP contribution in [0.4, 0.5) is 0 Å². The summed E-state index contributed by atoms with van der Waals surface area (Å²) in [6.07, 6.45) is 1.56. The highest BCUT2D eigenvalue weighted by Crippen LogP contribution is 2.31. The van der Waals surface area contributed by atoms with Crippen molar-refractivity contribution in [1.29, 1.82) is 0 Å². The number of carbonyl (C=O) groups is 1. The van der Waals surface area contributed by atoms with E-state index in [9.17, 15) is 9.59 Å². The molecule has 0 bridgehead atoms. The zero-order valence-corrected chi connectivity index (χ0v) is 19.7. The van der Waals surface area contributed by atoms with Crippen LogP contribution in [-0.4, -0.2) is 28.7 Å². The average molecular weight is 480 g/mol. The van der Waals surface area contributed by atoms with E-state index in [-0.39, 0.29) is 18.0 Å². The van der Waals surface area contributed by atoms with Gasteiger partial charge < -0.3 is 24.2 Å². The molecule has 0 saturated carbocycles. The minimum absolute atomic E-state index is 0.211. The van der Waals surface area contributed by atoms with Gasteiger partial charge in [-0.25, -0.2) is 0 Å². The average Bonchev–Trinajstić information content (AvgIpc) is 3.36. The molecule has 0 aliphatic rings. The third-order valence-corrected chi connectivity index (χ3v) is 5.53. The molecule has 34 heavy (non-hydrogen) atoms. The number of H-pyrrole nitrogens is 1. The van der Waals surface area contributed by atoms with E-state index in [0.29, 0.717) is 58.3 Å². The fraction of sp³-hybridized carbons (Fsp3) is 0.240. The number of nitrogens with zero attached hydrogens (tertiary/aromatic N) is 1. The second kappa shape index (κ2) is 10.4. The van der Waals surface area contributed by atoms with Crippen LogP contribution in [0.1, 0.15) is 35.5 Å². The van der Waals surface area contributed by atoms with Gasteiger partial charge in [-0.15, -0.1) is 0 Å². The van der Waals surface area contributed by atoms with Crippen LogP contribution in [0.25, 0.3) is 10.9 Å². The number of ether oxygens (including phenoxy) is 2. The number of aromatic nitrogens is 2. The number of nitrogens with one attached hydrogen (secondary N) is 2. The highest BCUT2D eigenvalue weighted by atomic mass is 32.1. The molecule has 2 aromatic carbocycles. The lowest BCUT2D eigenvalue weighted by Crippen LogP contribution is -2.23. The number of rotatable bonds is 9. The van der Waals surface area contributed by atoms with Gasteiger partial charge in [0.1, 0.15) is 5.76 Å². The van der Waals surface area contributed by atoms with Crippen molar-refractivity contribution in [2.24, 2.45) is 0 Å². The minimum atomic E-state index is -0.233. The molecule has 9 heteroatoms. The van der Waals surface area contributed by atoms with Crippen molar-refractivity contribution >= 4 is 29.0 Å². The molecule has 2 heterocycles. The molecule has 0 spiro atoms. The standard InChI is InChI=1S/C25H25N3O5S/c1-3-31-21-12-19-20(13-22(21)32-4-2)27-25(34)28(24(19)30)15-16-7-9-17(10-8-16)23(29)26-14-18-6-5-11-33-18/h5-13H,3-4,14-15H2,1-2H3,(H,26,29)(H,27,34). The van der Waals surface area contributed by atoms with Gasteiger partial charge in [-0.3, -0.25) is 14.2 Å². The summed E-state index contributed by atoms with van der Waals surface area (Å²) in [4.78, 5) is 28.7. The first-order valence-corrected chi connectivity index (χ1v) is 11.4. The Labute approximate surface area is 201 Å². The van der Waals surface area contributed by atoms with Crippen molar-refractivity contribution in [1.82, 2.24) is 14.9 Å². The third-order valence-electron chi connectivity index (χ3n) is 5.21. The third kappa shape index (κ3) is 5.04. The second-order valence-corrected chi connectivity index (χ2v) is 7.88. The van der Waals surface area contributed by atoms with E-state index >= 15 is 0 Å². The number of hydrogen-bond acceptors (Lipinski definition) is 6. The van der Waals surface area contributed by atoms with Crippen molar-refractivity contribution in [2.45, 2.75) is 26.9 Å². The van der Waals surface area contributed by atoms with Gasteiger partial charge in [-0.05, 0) is 62.0 Å². The number of carbonyl (C=O) groups excluding carboxylic acids is 1. The largest absolute Gasteiger partial charge is 0.490 e. The molecule has 176 valence electrons. The predicted molar refractivity (Wildman–Crippen MR) is 131 cm³/mol. The van der Waals surface area contributed by atoms with Crippen molar-refractivity contribution in [3.8, 4) is 11.5 Å². The summed E-state index contributed by atoms with van der Waals surface area (Å²) in [7, 11) is 0. The van der Waals surface area contributed by atoms with E-state index in [2.05, 4.69) is 10.3 Å². The number of furan rings is 1. The molecular weight excluding hydrogens is 454 g/mol. The maximum absolute atomic E-state index is 13.3. The smallest absolute Gasteiger partial charge is 0.262 e. The van der Waals surface area contributed by atoms with E-state index in [1.54, 1.807) is 54.8 Å². The normalized spacial score (nSPS) is 10.9. The molecule has 2 aromatic heterocycles. The highest BCUT2D eigenvalue weighted by molar-refractivity contribution is 7.71. The Morgan fingerprint density at radius 2 is 1.79 bits per heavy atom. The van der Waals surface area contributed by atoms with Gasteiger partial charge >= 0.3 is 0 Å². The summed E-state index contributed by atoms with van der Waals surface area (Å²) in [5, 5.41) is 3.26. The molecule has 0 radical (unpaired) electrons. The van der Waals surface area contributed by atoms with E-state index in [0.717, 1.165) is 5.56 Å². The molecule has 2 N–H and O–H groups in total. The van der Waals surface area contributed by atoms with Gasteiger partial charge in [0.2, 0.25) is 0 Å². The summed E-state index contributed by atoms with van der Waals surface area (Å²) in [5.74, 6) is 1.53. The maximum Gasteiger partial charge on any atom is 0.262 e. The fourth-order valence-electron chi connectivity index (χ4n) is 3.57. The van der Waals surface area contributed by atoms with Gasteiger partial charge in [-0.2, -0.15) is 0 Å². The fourth-order valence-corrected chi connectivity index (χ4v) is 3.82. The molecular formula is C25H25N3O5S. The first kappa shape index (κ1) is 23.3. The van der Waals surface area contributed by atoms with Crippen molar-refractivity contribution in [3.05, 3.63) is 86.8 Å². The van der Waals surface area contributed by atoms with Crippen molar-refractivity contribution < 1.29 is 18.7 Å². The first-order chi connectivity index (χ1) is 16.5. The molecule has 0 aliphatic carbocycles. The number of aromatic amines is 1. The lowest BCUT2D eigenvalue weighted by Gasteiger charge is -2.14. The Morgan fingerprint density at radius 3 is 2.44 bits per heavy atom. The molecule has 0 atom stereocenters. The van der Waals surface area contributed by atoms with Crippen LogP contribution in [0, 0.1) is 4.77 Å². The highest BCUT2D eigenvalue weighted by Gasteiger charge is 2.13. The molecule has 0 saturated heterocycles. The number of benzene rings is 2. The van der Waals surface area contributed by atoms with E-state index < -0.39 is 0 Å². The summed E-state index contributed by atoms with van der Waals surface area (Å²) >= 11 is 5.46. The number of amides is 1. The van der Waals surface area contributed by atoms with Crippen LogP contribution in [0.15, 0.2) is 64.0 Å². The van der Waals surface area contributed by atoms with Gasteiger partial charge in [0.15, 0.2) is 16.3 Å². The van der Waals surface area contributed by atoms with Crippen LogP contribution in [-0.2, 0) is 13.1 Å². The van der Waals surface area contributed by atoms with Crippen LogP contribution < -0.4 is 20.3 Å². The zero-order chi connectivity index (χ0) is 24.1. The summed E-state index contributed by atoms with van der Waals surface area (Å²) in [6, 6.07) is 14.0. The molecule has 4 aromatic rings. The van der Waals surface area contributed by atoms with Gasteiger partial charge in [-0.1, -0.05) is 12.1 Å². The van der Waals surface area contributed by atoms with Gasteiger partial charge in [0.05, 0.1) is 43.5 Å². The molecule has 1 amide bonds. The topological polar surface area (TPSA) is 98.5 Å². The van der Waals surface area contributed by atoms with Crippen molar-refractivity contribution in [3.63, 3.8) is 0 Å². The Morgan fingerprint density at radius 1 is 1.09 bits per heavy atom. The van der Waals surface area contributed by atoms with Gasteiger partial charge in [0, 0.05) is 11.6 Å². The Balaban J connectivity index is 1.57. The van der Waals surface area contributed by atoms with Crippen molar-refractivity contribution in [2.75, 3.05) is 13.2 Å². The first-order valence-electron chi connectivity index (χ1n) is 11.0. The number of fused-ring (bicyclic) bond motifs is 1. The zero-order valence-electron chi connectivity index (χ0n) is 18.9. The molecule has 8 nitrogen and oxygen atoms in total. The monoisotopic (exact) mass is 479 g/mol. The van der Waals surface area contributed by atoms with E-state index in [1.807, 2.05) is 13.8 Å². The predicted octanol–water partition coefficient (Wildman–Crippen LogP) is 4.43. The molecule has 0 aliphatic heterocycles. The van der Waals surface area contributed by atoms with Crippen LogP contribution in [0.2, 0.25) is 0 Å². The van der Waals surface area contributed by atoms with Gasteiger partial charge in [0.25, 0.3) is 11.5 Å². The lowest BCUT2D eigenvalue weighted by atomic mass is 10.1. The summed E-state index contributed by atoms with van der Waals surface area (Å²) in [6.45, 7) is 5.25. The number of hydrogen-bond donors (Lipinski definition) is 2. The summed E-state index contributed by atoms with van der Waals surface area (Å²) < 4.78 is 18.3. The van der Waals surface area contributed by atoms with Crippen LogP contribution in [0.5, 0.6) is 11.5 Å². The Hall–Kier alpha value is -3.85. The minimum Gasteiger partial charge on any atom is -0.490 e. The van der Waals surface area contributed by atoms with E-state index in [4.69, 9.17) is 26.1 Å². The lowest BCUT2D eigenvalue weighted by molar-refractivity contribution is 0.0948. The Kier molecular flexibility index (Phi) is 7.12. The summed E-state index contributed by atoms with van der Waals surface area (Å²) in [5.41, 5.74) is 1.69. The molecule has 0 unspecified atom stereocenters. The SMILES string of the molecule is CCOc1cc2[nH]c(=S)n(Cc3ccc(C(=O)NCc4ccco4)cc3)c(=O)c2cc1OCC. The van der Waals surface area contributed by atoms with E-state index in [1.165, 1.54) is 4.57 Å². The molecule has 4 rings (SSSR count). The maximum atomic E-state index is 13.3. The van der Waals surface area contributed by atoms with Crippen LogP contribution in [0.3, 0.4) is 0 Å².